The molecule has 0 aliphatic rings. The molecule has 0 aliphatic heterocycles. The number of benzene rings is 2. The van der Waals surface area contributed by atoms with Gasteiger partial charge >= 0.3 is 0 Å². The number of carbonyl (C=O) groups is 2. The van der Waals surface area contributed by atoms with Crippen LogP contribution in [-0.4, -0.2) is 54.7 Å². The fourth-order valence-corrected chi connectivity index (χ4v) is 4.82. The second-order valence-corrected chi connectivity index (χ2v) is 10.2. The number of aromatic nitrogens is 2. The van der Waals surface area contributed by atoms with Crippen LogP contribution in [0.15, 0.2) is 65.8 Å². The summed E-state index contributed by atoms with van der Waals surface area (Å²) in [6.07, 6.45) is 3.95. The largest absolute Gasteiger partial charge is 0.497 e. The van der Waals surface area contributed by atoms with E-state index in [1.807, 2.05) is 35.9 Å². The third-order valence-corrected chi connectivity index (χ3v) is 7.59. The average Bonchev–Trinajstić information content (AvgIpc) is 3.28. The van der Waals surface area contributed by atoms with Gasteiger partial charge < -0.3 is 14.6 Å². The second kappa shape index (κ2) is 11.3. The fraction of sp³-hybridized carbons (Fsp3) is 0.320. The Morgan fingerprint density at radius 2 is 1.77 bits per heavy atom. The molecule has 1 heterocycles. The van der Waals surface area contributed by atoms with Crippen LogP contribution in [0.4, 0.5) is 0 Å². The predicted octanol–water partition coefficient (Wildman–Crippen LogP) is 2.94. The van der Waals surface area contributed by atoms with Gasteiger partial charge in [0.05, 0.1) is 12.0 Å². The number of imidazole rings is 1. The van der Waals surface area contributed by atoms with Gasteiger partial charge in [0.25, 0.3) is 0 Å². The Hall–Kier alpha value is -3.50. The van der Waals surface area contributed by atoms with E-state index in [9.17, 15) is 18.0 Å². The van der Waals surface area contributed by atoms with Crippen molar-refractivity contribution in [3.8, 4) is 5.75 Å². The summed E-state index contributed by atoms with van der Waals surface area (Å²) >= 11 is 0. The number of methoxy groups -OCH3 is 1. The molecule has 1 N–H and O–H groups in total. The normalized spacial score (nSPS) is 12.4. The number of rotatable bonds is 11. The Bertz CT molecular complexity index is 1270. The van der Waals surface area contributed by atoms with E-state index in [1.54, 1.807) is 19.5 Å². The molecule has 3 aromatic rings. The monoisotopic (exact) mass is 498 g/mol. The van der Waals surface area contributed by atoms with E-state index in [1.165, 1.54) is 42.5 Å². The summed E-state index contributed by atoms with van der Waals surface area (Å²) in [5, 5.41) is 3.01. The summed E-state index contributed by atoms with van der Waals surface area (Å²) in [6.45, 7) is 1.59. The average molecular weight is 499 g/mol. The van der Waals surface area contributed by atoms with Crippen molar-refractivity contribution < 1.29 is 22.7 Å². The second-order valence-electron chi connectivity index (χ2n) is 8.18. The number of amides is 1. The van der Waals surface area contributed by atoms with Gasteiger partial charge in [-0.05, 0) is 43.2 Å². The number of nitrogens with one attached hydrogen (secondary N) is 1. The van der Waals surface area contributed by atoms with Crippen molar-refractivity contribution in [2.45, 2.75) is 30.7 Å². The van der Waals surface area contributed by atoms with Gasteiger partial charge in [0.1, 0.15) is 17.6 Å². The van der Waals surface area contributed by atoms with Crippen LogP contribution in [0.25, 0.3) is 0 Å². The van der Waals surface area contributed by atoms with Crippen molar-refractivity contribution >= 4 is 21.7 Å². The van der Waals surface area contributed by atoms with Crippen molar-refractivity contribution in [3.63, 3.8) is 0 Å². The standard InChI is InChI=1S/C25H30N4O5S/c1-18(30)19-9-13-22(14-10-19)35(32,33)29(3)16-5-6-23(31)27-24(25-26-15-17-28(25)2)20-7-11-21(34-4)12-8-20/h7-15,17,24H,5-6,16H2,1-4H3,(H,27,31)/t24-/m1/s1. The lowest BCUT2D eigenvalue weighted by atomic mass is 10.1. The SMILES string of the molecule is COc1ccc([C@@H](NC(=O)CCCN(C)S(=O)(=O)c2ccc(C(C)=O)cc2)c2nccn2C)cc1. The highest BCUT2D eigenvalue weighted by molar-refractivity contribution is 7.89. The summed E-state index contributed by atoms with van der Waals surface area (Å²) in [4.78, 5) is 28.7. The molecule has 1 amide bonds. The van der Waals surface area contributed by atoms with Crippen molar-refractivity contribution in [2.75, 3.05) is 20.7 Å². The molecular weight excluding hydrogens is 468 g/mol. The highest BCUT2D eigenvalue weighted by Crippen LogP contribution is 2.23. The van der Waals surface area contributed by atoms with Crippen molar-refractivity contribution in [3.05, 3.63) is 77.9 Å². The first kappa shape index (κ1) is 26.1. The Morgan fingerprint density at radius 3 is 2.31 bits per heavy atom. The summed E-state index contributed by atoms with van der Waals surface area (Å²) in [5.41, 5.74) is 1.30. The fourth-order valence-electron chi connectivity index (χ4n) is 3.61. The molecule has 0 spiro atoms. The number of sulfonamides is 1. The zero-order valence-corrected chi connectivity index (χ0v) is 21.1. The van der Waals surface area contributed by atoms with Crippen LogP contribution in [0, 0.1) is 0 Å². The van der Waals surface area contributed by atoms with Gasteiger partial charge in [0.15, 0.2) is 5.78 Å². The molecule has 9 nitrogen and oxygen atoms in total. The number of hydrogen-bond donors (Lipinski definition) is 1. The molecule has 1 atom stereocenters. The molecule has 1 aromatic heterocycles. The topological polar surface area (TPSA) is 111 Å². The number of aryl methyl sites for hydroxylation is 1. The van der Waals surface area contributed by atoms with Gasteiger partial charge in [-0.25, -0.2) is 17.7 Å². The number of ketones is 1. The van der Waals surface area contributed by atoms with E-state index in [0.717, 1.165) is 5.56 Å². The van der Waals surface area contributed by atoms with Crippen molar-refractivity contribution in [1.29, 1.82) is 0 Å². The Morgan fingerprint density at radius 1 is 1.11 bits per heavy atom. The van der Waals surface area contributed by atoms with E-state index in [4.69, 9.17) is 4.74 Å². The number of carbonyl (C=O) groups excluding carboxylic acids is 2. The van der Waals surface area contributed by atoms with E-state index < -0.39 is 16.1 Å². The first-order chi connectivity index (χ1) is 16.6. The van der Waals surface area contributed by atoms with Crippen LogP contribution in [-0.2, 0) is 21.9 Å². The minimum atomic E-state index is -3.73. The Labute approximate surface area is 205 Å². The smallest absolute Gasteiger partial charge is 0.242 e. The van der Waals surface area contributed by atoms with Gasteiger partial charge in [-0.2, -0.15) is 0 Å². The van der Waals surface area contributed by atoms with Crippen molar-refractivity contribution in [2.24, 2.45) is 7.05 Å². The first-order valence-electron chi connectivity index (χ1n) is 11.1. The van der Waals surface area contributed by atoms with E-state index >= 15 is 0 Å². The molecule has 0 radical (unpaired) electrons. The van der Waals surface area contributed by atoms with Crippen LogP contribution in [0.2, 0.25) is 0 Å². The molecule has 0 unspecified atom stereocenters. The molecule has 0 saturated heterocycles. The predicted molar refractivity (Wildman–Crippen MR) is 132 cm³/mol. The third kappa shape index (κ3) is 6.34. The van der Waals surface area contributed by atoms with Crippen molar-refractivity contribution in [1.82, 2.24) is 19.2 Å². The summed E-state index contributed by atoms with van der Waals surface area (Å²) in [5.74, 6) is 1.04. The van der Waals surface area contributed by atoms with E-state index in [2.05, 4.69) is 10.3 Å². The lowest BCUT2D eigenvalue weighted by Crippen LogP contribution is -2.32. The summed E-state index contributed by atoms with van der Waals surface area (Å²) in [6, 6.07) is 12.7. The molecule has 0 fully saturated rings. The Kier molecular flexibility index (Phi) is 8.42. The van der Waals surface area contributed by atoms with E-state index in [0.29, 0.717) is 23.6 Å². The molecule has 0 aliphatic carbocycles. The maximum atomic E-state index is 12.8. The van der Waals surface area contributed by atoms with Gasteiger partial charge in [0, 0.05) is 45.0 Å². The maximum Gasteiger partial charge on any atom is 0.242 e. The third-order valence-electron chi connectivity index (χ3n) is 5.72. The maximum absolute atomic E-state index is 12.8. The van der Waals surface area contributed by atoms with E-state index in [-0.39, 0.29) is 29.6 Å². The first-order valence-corrected chi connectivity index (χ1v) is 12.6. The highest BCUT2D eigenvalue weighted by atomic mass is 32.2. The molecular formula is C25H30N4O5S. The zero-order chi connectivity index (χ0) is 25.6. The molecule has 3 rings (SSSR count). The molecule has 10 heteroatoms. The lowest BCUT2D eigenvalue weighted by Gasteiger charge is -2.20. The van der Waals surface area contributed by atoms with Crippen LogP contribution in [0.5, 0.6) is 5.75 Å². The minimum absolute atomic E-state index is 0.101. The number of hydrogen-bond acceptors (Lipinski definition) is 6. The molecule has 35 heavy (non-hydrogen) atoms. The van der Waals surface area contributed by atoms with Crippen LogP contribution in [0.3, 0.4) is 0 Å². The van der Waals surface area contributed by atoms with Gasteiger partial charge in [0.2, 0.25) is 15.9 Å². The van der Waals surface area contributed by atoms with Gasteiger partial charge in [-0.1, -0.05) is 24.3 Å². The molecule has 2 aromatic carbocycles. The Balaban J connectivity index is 1.63. The summed E-state index contributed by atoms with van der Waals surface area (Å²) in [7, 11) is 1.19. The van der Waals surface area contributed by atoms with Gasteiger partial charge in [-0.3, -0.25) is 9.59 Å². The minimum Gasteiger partial charge on any atom is -0.497 e. The lowest BCUT2D eigenvalue weighted by molar-refractivity contribution is -0.121. The molecule has 0 bridgehead atoms. The number of Topliss-reactive ketones (excluding diaryl/α,β-unsaturated/α-hetero) is 1. The molecule has 186 valence electrons. The zero-order valence-electron chi connectivity index (χ0n) is 20.3. The van der Waals surface area contributed by atoms with Crippen LogP contribution >= 0.6 is 0 Å². The van der Waals surface area contributed by atoms with Crippen LogP contribution < -0.4 is 10.1 Å². The summed E-state index contributed by atoms with van der Waals surface area (Å²) < 4.78 is 33.9. The van der Waals surface area contributed by atoms with Crippen LogP contribution in [0.1, 0.15) is 47.6 Å². The quantitative estimate of drug-likeness (QED) is 0.407. The molecule has 0 saturated carbocycles. The number of ether oxygens (including phenoxy) is 1. The highest BCUT2D eigenvalue weighted by Gasteiger charge is 2.23. The number of nitrogens with zero attached hydrogens (tertiary/aromatic N) is 3. The van der Waals surface area contributed by atoms with Gasteiger partial charge in [-0.15, -0.1) is 0 Å².